The zero-order valence-electron chi connectivity index (χ0n) is 29.0. The van der Waals surface area contributed by atoms with Crippen molar-refractivity contribution in [2.24, 2.45) is 0 Å². The van der Waals surface area contributed by atoms with Crippen LogP contribution < -0.4 is 10.6 Å². The number of hydrogen-bond donors (Lipinski definition) is 2. The van der Waals surface area contributed by atoms with Gasteiger partial charge in [-0.05, 0) is 61.0 Å². The number of benzene rings is 3. The Balaban J connectivity index is 1.29. The molecular weight excluding hydrogens is 743 g/mol. The smallest absolute Gasteiger partial charge is 0.348 e. The van der Waals surface area contributed by atoms with Gasteiger partial charge in [-0.25, -0.2) is 19.6 Å². The third kappa shape index (κ3) is 11.1. The molecular formula is C39H29N7O7S2. The van der Waals surface area contributed by atoms with Crippen molar-refractivity contribution < 1.29 is 33.4 Å². The molecule has 0 fully saturated rings. The lowest BCUT2D eigenvalue weighted by Gasteiger charge is -2.13. The number of esters is 3. The first-order chi connectivity index (χ1) is 26.7. The van der Waals surface area contributed by atoms with Crippen molar-refractivity contribution in [1.82, 2.24) is 15.0 Å². The predicted molar refractivity (Wildman–Crippen MR) is 202 cm³/mol. The van der Waals surface area contributed by atoms with Crippen LogP contribution >= 0.6 is 23.5 Å². The molecule has 2 amide bonds. The van der Waals surface area contributed by atoms with Crippen LogP contribution in [0.5, 0.6) is 0 Å². The molecule has 0 saturated carbocycles. The van der Waals surface area contributed by atoms with Crippen LogP contribution in [0.3, 0.4) is 0 Å². The van der Waals surface area contributed by atoms with Crippen molar-refractivity contribution in [1.29, 1.82) is 10.5 Å². The van der Waals surface area contributed by atoms with Gasteiger partial charge in [0.25, 0.3) is 11.8 Å². The number of amides is 2. The van der Waals surface area contributed by atoms with Crippen LogP contribution in [0.2, 0.25) is 0 Å². The highest BCUT2D eigenvalue weighted by atomic mass is 32.2. The van der Waals surface area contributed by atoms with Crippen molar-refractivity contribution >= 4 is 64.6 Å². The number of aromatic nitrogens is 3. The van der Waals surface area contributed by atoms with Crippen LogP contribution in [0.4, 0.5) is 11.4 Å². The monoisotopic (exact) mass is 771 g/mol. The van der Waals surface area contributed by atoms with E-state index in [2.05, 4.69) is 25.6 Å². The number of rotatable bonds is 14. The van der Waals surface area contributed by atoms with E-state index in [9.17, 15) is 34.5 Å². The van der Waals surface area contributed by atoms with E-state index < -0.39 is 23.8 Å². The van der Waals surface area contributed by atoms with Crippen LogP contribution in [0.25, 0.3) is 0 Å². The molecule has 2 N–H and O–H groups in total. The van der Waals surface area contributed by atoms with Gasteiger partial charge in [-0.3, -0.25) is 19.4 Å². The van der Waals surface area contributed by atoms with E-state index in [0.717, 1.165) is 17.7 Å². The fourth-order valence-electron chi connectivity index (χ4n) is 4.69. The first-order valence-electron chi connectivity index (χ1n) is 16.4. The fraction of sp³-hybridized carbons (Fsp3) is 0.128. The molecule has 0 spiro atoms. The molecule has 0 atom stereocenters. The molecule has 0 radical (unpaired) electrons. The van der Waals surface area contributed by atoms with Gasteiger partial charge in [-0.1, -0.05) is 30.3 Å². The number of anilines is 2. The highest BCUT2D eigenvalue weighted by Crippen LogP contribution is 2.25. The second kappa shape index (κ2) is 19.3. The summed E-state index contributed by atoms with van der Waals surface area (Å²) < 4.78 is 10.1. The molecule has 14 nitrogen and oxygen atoms in total. The van der Waals surface area contributed by atoms with Gasteiger partial charge in [0.2, 0.25) is 0 Å². The maximum Gasteiger partial charge on any atom is 0.348 e. The molecule has 2 aromatic heterocycles. The van der Waals surface area contributed by atoms with Crippen molar-refractivity contribution in [2.45, 2.75) is 29.1 Å². The molecule has 2 heterocycles. The normalized spacial score (nSPS) is 10.3. The van der Waals surface area contributed by atoms with E-state index in [-0.39, 0.29) is 57.3 Å². The number of thioether (sulfide) groups is 2. The van der Waals surface area contributed by atoms with Crippen molar-refractivity contribution in [3.63, 3.8) is 0 Å². The van der Waals surface area contributed by atoms with Crippen LogP contribution in [0.15, 0.2) is 108 Å². The molecule has 0 unspecified atom stereocenters. The van der Waals surface area contributed by atoms with E-state index in [4.69, 9.17) is 9.47 Å². The molecule has 274 valence electrons. The van der Waals surface area contributed by atoms with Crippen LogP contribution in [-0.2, 0) is 20.0 Å². The summed E-state index contributed by atoms with van der Waals surface area (Å²) in [7, 11) is 0. The largest absolute Gasteiger partial charge is 0.466 e. The summed E-state index contributed by atoms with van der Waals surface area (Å²) in [6.07, 6.45) is 4.28. The van der Waals surface area contributed by atoms with Crippen LogP contribution in [-0.4, -0.2) is 57.0 Å². The maximum absolute atomic E-state index is 13.5. The van der Waals surface area contributed by atoms with Gasteiger partial charge >= 0.3 is 17.9 Å². The minimum Gasteiger partial charge on any atom is -0.466 e. The van der Waals surface area contributed by atoms with E-state index >= 15 is 0 Å². The number of nitrogens with zero attached hydrogens (tertiary/aromatic N) is 5. The number of nitrogens with one attached hydrogen (secondary N) is 2. The summed E-state index contributed by atoms with van der Waals surface area (Å²) in [5, 5.41) is 25.2. The Morgan fingerprint density at radius 2 is 1.40 bits per heavy atom. The van der Waals surface area contributed by atoms with Crippen LogP contribution in [0, 0.1) is 22.7 Å². The molecule has 55 heavy (non-hydrogen) atoms. The number of hydrogen-bond acceptors (Lipinski definition) is 14. The van der Waals surface area contributed by atoms with Crippen molar-refractivity contribution in [3.8, 4) is 12.1 Å². The Morgan fingerprint density at radius 1 is 0.745 bits per heavy atom. The quantitative estimate of drug-likeness (QED) is 0.0705. The van der Waals surface area contributed by atoms with E-state index in [0.29, 0.717) is 28.2 Å². The minimum atomic E-state index is -1.23. The molecule has 0 saturated heterocycles. The first-order valence-corrected chi connectivity index (χ1v) is 18.3. The maximum atomic E-state index is 13.5. The van der Waals surface area contributed by atoms with Gasteiger partial charge in [0.15, 0.2) is 0 Å². The number of carbonyl (C=O) groups excluding carboxylic acids is 5. The van der Waals surface area contributed by atoms with Gasteiger partial charge in [0.1, 0.15) is 10.7 Å². The van der Waals surface area contributed by atoms with Gasteiger partial charge in [0.05, 0.1) is 81.8 Å². The van der Waals surface area contributed by atoms with E-state index in [1.807, 2.05) is 42.5 Å². The zero-order chi connectivity index (χ0) is 39.2. The Kier molecular flexibility index (Phi) is 13.8. The minimum absolute atomic E-state index is 0.0351. The lowest BCUT2D eigenvalue weighted by atomic mass is 10.1. The fourth-order valence-corrected chi connectivity index (χ4v) is 6.26. The molecule has 5 rings (SSSR count). The van der Waals surface area contributed by atoms with Gasteiger partial charge < -0.3 is 20.1 Å². The van der Waals surface area contributed by atoms with Gasteiger partial charge in [-0.15, -0.1) is 23.5 Å². The molecule has 0 aliphatic carbocycles. The summed E-state index contributed by atoms with van der Waals surface area (Å²) in [4.78, 5) is 77.6. The Labute approximate surface area is 323 Å². The average molecular weight is 772 g/mol. The molecule has 3 aromatic carbocycles. The lowest BCUT2D eigenvalue weighted by molar-refractivity contribution is -0.142. The highest BCUT2D eigenvalue weighted by Gasteiger charge is 2.24. The summed E-state index contributed by atoms with van der Waals surface area (Å²) in [6.45, 7) is 2.01. The van der Waals surface area contributed by atoms with Gasteiger partial charge in [0, 0.05) is 17.7 Å². The topological polar surface area (TPSA) is 214 Å². The summed E-state index contributed by atoms with van der Waals surface area (Å²) >= 11 is 2.68. The molecule has 5 aromatic rings. The molecule has 0 bridgehead atoms. The van der Waals surface area contributed by atoms with E-state index in [1.54, 1.807) is 13.0 Å². The summed E-state index contributed by atoms with van der Waals surface area (Å²) in [5.41, 5.74) is 0.408. The van der Waals surface area contributed by atoms with Gasteiger partial charge in [-0.2, -0.15) is 10.5 Å². The number of nitriles is 2. The third-order valence-corrected chi connectivity index (χ3v) is 9.27. The molecule has 0 aliphatic rings. The van der Waals surface area contributed by atoms with E-state index in [1.165, 1.54) is 72.4 Å². The lowest BCUT2D eigenvalue weighted by Crippen LogP contribution is -2.20. The standard InChI is InChI=1S/C39H29N7O7S2/c1-2-52-35(47)14-15-54-33-13-10-27(20-43-33)36(48)45-30-11-8-25(18-40)16-28(30)38(50)53-39(51)29-17-26(19-41)9-12-31(29)46-37(49)32-21-42-22-34(44-32)55-23-24-6-4-3-5-7-24/h3-13,16-17,20-22H,2,14-15,23H2,1H3,(H,45,48)(H,46,49). The molecule has 0 aliphatic heterocycles. The highest BCUT2D eigenvalue weighted by molar-refractivity contribution is 7.99. The third-order valence-electron chi connectivity index (χ3n) is 7.35. The number of pyridine rings is 1. The number of carbonyl (C=O) groups is 5. The Bertz CT molecular complexity index is 2330. The summed E-state index contributed by atoms with van der Waals surface area (Å²) in [6, 6.07) is 24.2. The Hall–Kier alpha value is -6.88. The van der Waals surface area contributed by atoms with Crippen molar-refractivity contribution in [3.05, 3.63) is 137 Å². The number of ether oxygens (including phenoxy) is 2. The molecule has 16 heteroatoms. The SMILES string of the molecule is CCOC(=O)CCSc1ccc(C(=O)Nc2ccc(C#N)cc2C(=O)OC(=O)c2cc(C#N)ccc2NC(=O)c2cncc(SCc3ccccc3)n2)cn1. The Morgan fingerprint density at radius 3 is 2.00 bits per heavy atom. The van der Waals surface area contributed by atoms with Crippen molar-refractivity contribution in [2.75, 3.05) is 23.0 Å². The van der Waals surface area contributed by atoms with Crippen LogP contribution in [0.1, 0.15) is 71.6 Å². The summed E-state index contributed by atoms with van der Waals surface area (Å²) in [5.74, 6) is -3.13. The zero-order valence-corrected chi connectivity index (χ0v) is 30.6. The second-order valence-electron chi connectivity index (χ2n) is 11.1. The second-order valence-corrected chi connectivity index (χ2v) is 13.2. The predicted octanol–water partition coefficient (Wildman–Crippen LogP) is 6.45. The average Bonchev–Trinajstić information content (AvgIpc) is 3.21. The first kappa shape index (κ1) is 39.3.